The predicted molar refractivity (Wildman–Crippen MR) is 101 cm³/mol. The fraction of sp³-hybridized carbons (Fsp3) is 0.500. The monoisotopic (exact) mass is 354 g/mol. The Morgan fingerprint density at radius 1 is 1.27 bits per heavy atom. The maximum atomic E-state index is 12.8. The number of hydrogen-bond donors (Lipinski definition) is 4. The Kier molecular flexibility index (Phi) is 4.44. The zero-order chi connectivity index (χ0) is 18.1. The number of aromatic nitrogens is 1. The van der Waals surface area contributed by atoms with E-state index in [9.17, 15) is 9.59 Å². The molecule has 2 aromatic rings. The van der Waals surface area contributed by atoms with Crippen LogP contribution >= 0.6 is 0 Å². The van der Waals surface area contributed by atoms with Crippen LogP contribution in [-0.4, -0.2) is 43.0 Å². The SMILES string of the molecule is CNC(=O)[C@H](Cc1c[nH]c2ccccc12)NC(=O)C1CC12CCNCC2. The van der Waals surface area contributed by atoms with Gasteiger partial charge in [0.1, 0.15) is 6.04 Å². The topological polar surface area (TPSA) is 86.0 Å². The van der Waals surface area contributed by atoms with Gasteiger partial charge in [-0.05, 0) is 49.4 Å². The van der Waals surface area contributed by atoms with E-state index in [1.807, 2.05) is 30.5 Å². The summed E-state index contributed by atoms with van der Waals surface area (Å²) in [5, 5.41) is 10.2. The molecule has 6 nitrogen and oxygen atoms in total. The van der Waals surface area contributed by atoms with Crippen LogP contribution in [0.5, 0.6) is 0 Å². The fourth-order valence-electron chi connectivity index (χ4n) is 4.37. The van der Waals surface area contributed by atoms with Crippen molar-refractivity contribution in [2.24, 2.45) is 11.3 Å². The van der Waals surface area contributed by atoms with Crippen molar-refractivity contribution >= 4 is 22.7 Å². The molecule has 2 heterocycles. The number of rotatable bonds is 5. The number of carbonyl (C=O) groups excluding carboxylic acids is 2. The number of para-hydroxylation sites is 1. The summed E-state index contributed by atoms with van der Waals surface area (Å²) in [5.74, 6) is -0.0660. The van der Waals surface area contributed by atoms with Crippen molar-refractivity contribution in [3.8, 4) is 0 Å². The number of benzene rings is 1. The highest BCUT2D eigenvalue weighted by atomic mass is 16.2. The number of aromatic amines is 1. The summed E-state index contributed by atoms with van der Waals surface area (Å²) in [4.78, 5) is 28.4. The number of hydrogen-bond acceptors (Lipinski definition) is 3. The van der Waals surface area contributed by atoms with Gasteiger partial charge >= 0.3 is 0 Å². The average Bonchev–Trinajstić information content (AvgIpc) is 3.20. The van der Waals surface area contributed by atoms with Gasteiger partial charge in [0.05, 0.1) is 0 Å². The van der Waals surface area contributed by atoms with Gasteiger partial charge in [0.25, 0.3) is 0 Å². The number of amides is 2. The summed E-state index contributed by atoms with van der Waals surface area (Å²) in [7, 11) is 1.61. The summed E-state index contributed by atoms with van der Waals surface area (Å²) in [6.07, 6.45) is 5.47. The first-order chi connectivity index (χ1) is 12.6. The Balaban J connectivity index is 1.47. The van der Waals surface area contributed by atoms with Gasteiger partial charge in [-0.15, -0.1) is 0 Å². The normalized spacial score (nSPS) is 22.1. The minimum absolute atomic E-state index is 0.0281. The Bertz CT molecular complexity index is 822. The van der Waals surface area contributed by atoms with E-state index in [2.05, 4.69) is 20.9 Å². The number of likely N-dealkylation sites (N-methyl/N-ethyl adjacent to an activating group) is 1. The van der Waals surface area contributed by atoms with Crippen molar-refractivity contribution in [2.45, 2.75) is 31.7 Å². The van der Waals surface area contributed by atoms with E-state index < -0.39 is 6.04 Å². The first-order valence-corrected chi connectivity index (χ1v) is 9.41. The molecule has 1 unspecified atom stereocenters. The second-order valence-corrected chi connectivity index (χ2v) is 7.61. The van der Waals surface area contributed by atoms with Gasteiger partial charge in [-0.1, -0.05) is 18.2 Å². The standard InChI is InChI=1S/C20H26N4O2/c1-21-19(26)17(10-13-12-23-16-5-3-2-4-14(13)16)24-18(25)15-11-20(15)6-8-22-9-7-20/h2-5,12,15,17,22-23H,6-11H2,1H3,(H,21,26)(H,24,25)/t15?,17-/m0/s1. The van der Waals surface area contributed by atoms with E-state index in [1.54, 1.807) is 7.05 Å². The fourth-order valence-corrected chi connectivity index (χ4v) is 4.37. The van der Waals surface area contributed by atoms with Crippen LogP contribution < -0.4 is 16.0 Å². The lowest BCUT2D eigenvalue weighted by atomic mass is 9.91. The van der Waals surface area contributed by atoms with Crippen molar-refractivity contribution in [3.63, 3.8) is 0 Å². The van der Waals surface area contributed by atoms with Crippen LogP contribution in [0.4, 0.5) is 0 Å². The molecule has 1 saturated heterocycles. The van der Waals surface area contributed by atoms with Crippen LogP contribution in [0.2, 0.25) is 0 Å². The third kappa shape index (κ3) is 3.09. The van der Waals surface area contributed by atoms with Gasteiger partial charge in [-0.3, -0.25) is 9.59 Å². The summed E-state index contributed by atoms with van der Waals surface area (Å²) in [5.41, 5.74) is 2.26. The molecule has 4 N–H and O–H groups in total. The molecule has 138 valence electrons. The summed E-state index contributed by atoms with van der Waals surface area (Å²) < 4.78 is 0. The summed E-state index contributed by atoms with van der Waals surface area (Å²) in [6, 6.07) is 7.46. The summed E-state index contributed by atoms with van der Waals surface area (Å²) >= 11 is 0. The average molecular weight is 354 g/mol. The maximum absolute atomic E-state index is 12.8. The van der Waals surface area contributed by atoms with E-state index in [-0.39, 0.29) is 23.1 Å². The Labute approximate surface area is 153 Å². The van der Waals surface area contributed by atoms with Crippen molar-refractivity contribution in [1.29, 1.82) is 0 Å². The highest BCUT2D eigenvalue weighted by Gasteiger charge is 2.57. The second-order valence-electron chi connectivity index (χ2n) is 7.61. The van der Waals surface area contributed by atoms with Gasteiger partial charge < -0.3 is 20.9 Å². The van der Waals surface area contributed by atoms with Gasteiger partial charge in [0, 0.05) is 36.5 Å². The van der Waals surface area contributed by atoms with Crippen LogP contribution in [0.25, 0.3) is 10.9 Å². The van der Waals surface area contributed by atoms with Crippen molar-refractivity contribution in [1.82, 2.24) is 20.9 Å². The van der Waals surface area contributed by atoms with E-state index in [1.165, 1.54) is 0 Å². The molecule has 1 spiro atoms. The highest BCUT2D eigenvalue weighted by Crippen LogP contribution is 2.58. The molecule has 1 aromatic carbocycles. The first-order valence-electron chi connectivity index (χ1n) is 9.41. The molecule has 2 amide bonds. The Hall–Kier alpha value is -2.34. The summed E-state index contributed by atoms with van der Waals surface area (Å²) in [6.45, 7) is 1.97. The second kappa shape index (κ2) is 6.76. The molecule has 1 saturated carbocycles. The van der Waals surface area contributed by atoms with Gasteiger partial charge in [-0.25, -0.2) is 0 Å². The molecule has 0 radical (unpaired) electrons. The zero-order valence-corrected chi connectivity index (χ0v) is 15.1. The molecule has 1 aliphatic carbocycles. The zero-order valence-electron chi connectivity index (χ0n) is 15.1. The lowest BCUT2D eigenvalue weighted by Gasteiger charge is -2.24. The van der Waals surface area contributed by atoms with E-state index in [0.717, 1.165) is 48.8 Å². The minimum atomic E-state index is -0.550. The molecule has 26 heavy (non-hydrogen) atoms. The maximum Gasteiger partial charge on any atom is 0.242 e. The molecule has 6 heteroatoms. The van der Waals surface area contributed by atoms with Gasteiger partial charge in [0.15, 0.2) is 0 Å². The van der Waals surface area contributed by atoms with Crippen LogP contribution in [0.15, 0.2) is 30.5 Å². The molecule has 0 bridgehead atoms. The quantitative estimate of drug-likeness (QED) is 0.653. The number of piperidine rings is 1. The number of carbonyl (C=O) groups is 2. The number of fused-ring (bicyclic) bond motifs is 1. The predicted octanol–water partition coefficient (Wildman–Crippen LogP) is 1.33. The molecule has 1 aromatic heterocycles. The van der Waals surface area contributed by atoms with Crippen molar-refractivity contribution in [2.75, 3.05) is 20.1 Å². The molecule has 2 atom stereocenters. The van der Waals surface area contributed by atoms with Crippen LogP contribution in [0.3, 0.4) is 0 Å². The molecule has 2 fully saturated rings. The first kappa shape index (κ1) is 17.1. The molecule has 2 aliphatic rings. The van der Waals surface area contributed by atoms with Crippen LogP contribution in [0.1, 0.15) is 24.8 Å². The molecular weight excluding hydrogens is 328 g/mol. The highest BCUT2D eigenvalue weighted by molar-refractivity contribution is 5.91. The molecular formula is C20H26N4O2. The lowest BCUT2D eigenvalue weighted by molar-refractivity contribution is -0.129. The third-order valence-electron chi connectivity index (χ3n) is 6.08. The van der Waals surface area contributed by atoms with E-state index >= 15 is 0 Å². The van der Waals surface area contributed by atoms with Crippen LogP contribution in [0, 0.1) is 11.3 Å². The Morgan fingerprint density at radius 2 is 2.04 bits per heavy atom. The van der Waals surface area contributed by atoms with Gasteiger partial charge in [0.2, 0.25) is 11.8 Å². The minimum Gasteiger partial charge on any atom is -0.361 e. The smallest absolute Gasteiger partial charge is 0.242 e. The molecule has 1 aliphatic heterocycles. The number of H-pyrrole nitrogens is 1. The van der Waals surface area contributed by atoms with Crippen molar-refractivity contribution in [3.05, 3.63) is 36.0 Å². The van der Waals surface area contributed by atoms with Gasteiger partial charge in [-0.2, -0.15) is 0 Å². The largest absolute Gasteiger partial charge is 0.361 e. The number of nitrogens with one attached hydrogen (secondary N) is 4. The Morgan fingerprint density at radius 3 is 2.81 bits per heavy atom. The van der Waals surface area contributed by atoms with Crippen LogP contribution in [-0.2, 0) is 16.0 Å². The van der Waals surface area contributed by atoms with Crippen molar-refractivity contribution < 1.29 is 9.59 Å². The van der Waals surface area contributed by atoms with E-state index in [0.29, 0.717) is 6.42 Å². The lowest BCUT2D eigenvalue weighted by Crippen LogP contribution is -2.48. The van der Waals surface area contributed by atoms with E-state index in [4.69, 9.17) is 0 Å². The molecule has 4 rings (SSSR count). The third-order valence-corrected chi connectivity index (χ3v) is 6.08.